The monoisotopic (exact) mass is 259 g/mol. The van der Waals surface area contributed by atoms with Crippen LogP contribution in [-0.4, -0.2) is 20.9 Å². The van der Waals surface area contributed by atoms with E-state index in [1.54, 1.807) is 0 Å². The summed E-state index contributed by atoms with van der Waals surface area (Å²) in [5.74, 6) is -0.803. The van der Waals surface area contributed by atoms with Gasteiger partial charge in [0.15, 0.2) is 0 Å². The highest BCUT2D eigenvalue weighted by Gasteiger charge is 2.12. The Hall–Kier alpha value is -2.96. The number of phenols is 1. The van der Waals surface area contributed by atoms with Gasteiger partial charge in [-0.2, -0.15) is 0 Å². The fourth-order valence-electron chi connectivity index (χ4n) is 1.44. The highest BCUT2D eigenvalue weighted by Crippen LogP contribution is 2.28. The molecular weight excluding hydrogens is 250 g/mol. The van der Waals surface area contributed by atoms with Crippen LogP contribution in [0.4, 0.5) is 11.4 Å². The topological polar surface area (TPSA) is 105 Å². The number of rotatable bonds is 3. The molecule has 0 saturated heterocycles. The lowest BCUT2D eigenvalue weighted by Gasteiger charge is -2.06. The molecule has 0 atom stereocenters. The van der Waals surface area contributed by atoms with Crippen molar-refractivity contribution in [1.29, 1.82) is 0 Å². The van der Waals surface area contributed by atoms with Crippen molar-refractivity contribution >= 4 is 17.3 Å². The van der Waals surface area contributed by atoms with Gasteiger partial charge >= 0.3 is 0 Å². The molecule has 0 bridgehead atoms. The SMILES string of the molecule is O=C(Nc1ccc([N+](=O)[O-])cc1O)c1ccncc1. The van der Waals surface area contributed by atoms with Gasteiger partial charge in [0.05, 0.1) is 16.7 Å². The number of benzene rings is 1. The van der Waals surface area contributed by atoms with Gasteiger partial charge in [0, 0.05) is 24.0 Å². The van der Waals surface area contributed by atoms with Crippen molar-refractivity contribution in [2.75, 3.05) is 5.32 Å². The molecule has 96 valence electrons. The lowest BCUT2D eigenvalue weighted by molar-refractivity contribution is -0.384. The first-order chi connectivity index (χ1) is 9.08. The molecule has 0 unspecified atom stereocenters. The summed E-state index contributed by atoms with van der Waals surface area (Å²) in [6, 6.07) is 6.46. The first-order valence-corrected chi connectivity index (χ1v) is 5.26. The van der Waals surface area contributed by atoms with Crippen LogP contribution in [0.2, 0.25) is 0 Å². The lowest BCUT2D eigenvalue weighted by atomic mass is 10.2. The Labute approximate surface area is 107 Å². The Morgan fingerprint density at radius 3 is 2.53 bits per heavy atom. The number of nitrogens with one attached hydrogen (secondary N) is 1. The molecule has 1 heterocycles. The maximum atomic E-state index is 11.8. The van der Waals surface area contributed by atoms with E-state index < -0.39 is 10.8 Å². The number of aromatic hydroxyl groups is 1. The average molecular weight is 259 g/mol. The summed E-state index contributed by atoms with van der Waals surface area (Å²) in [5, 5.41) is 22.6. The number of carbonyl (C=O) groups excluding carboxylic acids is 1. The summed E-state index contributed by atoms with van der Waals surface area (Å²) in [6.45, 7) is 0. The molecule has 0 aliphatic rings. The molecule has 0 aliphatic carbocycles. The Bertz CT molecular complexity index is 628. The van der Waals surface area contributed by atoms with Crippen molar-refractivity contribution in [3.63, 3.8) is 0 Å². The average Bonchev–Trinajstić information content (AvgIpc) is 2.41. The van der Waals surface area contributed by atoms with Crippen LogP contribution in [0, 0.1) is 10.1 Å². The van der Waals surface area contributed by atoms with Crippen LogP contribution in [0.25, 0.3) is 0 Å². The highest BCUT2D eigenvalue weighted by atomic mass is 16.6. The molecule has 7 nitrogen and oxygen atoms in total. The summed E-state index contributed by atoms with van der Waals surface area (Å²) in [5.41, 5.74) is 0.222. The number of amides is 1. The van der Waals surface area contributed by atoms with E-state index in [9.17, 15) is 20.0 Å². The lowest BCUT2D eigenvalue weighted by Crippen LogP contribution is -2.11. The van der Waals surface area contributed by atoms with Gasteiger partial charge in [-0.1, -0.05) is 0 Å². The molecule has 1 amide bonds. The molecule has 1 aromatic carbocycles. The van der Waals surface area contributed by atoms with E-state index in [-0.39, 0.29) is 17.1 Å². The number of aromatic nitrogens is 1. The molecule has 7 heteroatoms. The summed E-state index contributed by atoms with van der Waals surface area (Å²) < 4.78 is 0. The fraction of sp³-hybridized carbons (Fsp3) is 0. The van der Waals surface area contributed by atoms with Crippen LogP contribution < -0.4 is 5.32 Å². The molecule has 2 aromatic rings. The number of carbonyl (C=O) groups is 1. The second kappa shape index (κ2) is 5.13. The predicted molar refractivity (Wildman–Crippen MR) is 67.0 cm³/mol. The van der Waals surface area contributed by atoms with E-state index >= 15 is 0 Å². The van der Waals surface area contributed by atoms with Gasteiger partial charge in [0.1, 0.15) is 5.75 Å². The molecule has 2 N–H and O–H groups in total. The molecule has 0 radical (unpaired) electrons. The van der Waals surface area contributed by atoms with Crippen molar-refractivity contribution in [1.82, 2.24) is 4.98 Å². The maximum absolute atomic E-state index is 11.8. The van der Waals surface area contributed by atoms with E-state index in [1.807, 2.05) is 0 Å². The Morgan fingerprint density at radius 2 is 1.95 bits per heavy atom. The summed E-state index contributed by atoms with van der Waals surface area (Å²) >= 11 is 0. The van der Waals surface area contributed by atoms with Crippen LogP contribution in [0.3, 0.4) is 0 Å². The summed E-state index contributed by atoms with van der Waals surface area (Å²) in [4.78, 5) is 25.5. The van der Waals surface area contributed by atoms with Crippen LogP contribution in [-0.2, 0) is 0 Å². The number of nitro groups is 1. The van der Waals surface area contributed by atoms with Crippen LogP contribution in [0.1, 0.15) is 10.4 Å². The fourth-order valence-corrected chi connectivity index (χ4v) is 1.44. The van der Waals surface area contributed by atoms with Gasteiger partial charge in [-0.15, -0.1) is 0 Å². The number of hydrogen-bond acceptors (Lipinski definition) is 5. The number of nitrogens with zero attached hydrogens (tertiary/aromatic N) is 2. The van der Waals surface area contributed by atoms with Crippen LogP contribution in [0.15, 0.2) is 42.7 Å². The molecule has 0 saturated carbocycles. The number of pyridine rings is 1. The number of non-ortho nitro benzene ring substituents is 1. The smallest absolute Gasteiger partial charge is 0.273 e. The molecular formula is C12H9N3O4. The first kappa shape index (κ1) is 12.5. The van der Waals surface area contributed by atoms with E-state index in [2.05, 4.69) is 10.3 Å². The van der Waals surface area contributed by atoms with E-state index in [0.29, 0.717) is 5.56 Å². The molecule has 2 rings (SSSR count). The number of phenolic OH excluding ortho intramolecular Hbond substituents is 1. The third-order valence-corrected chi connectivity index (χ3v) is 2.38. The zero-order valence-corrected chi connectivity index (χ0v) is 9.61. The molecule has 0 fully saturated rings. The molecule has 1 aromatic heterocycles. The van der Waals surface area contributed by atoms with Gasteiger partial charge in [-0.25, -0.2) is 0 Å². The largest absolute Gasteiger partial charge is 0.506 e. The number of hydrogen-bond donors (Lipinski definition) is 2. The van der Waals surface area contributed by atoms with Crippen molar-refractivity contribution < 1.29 is 14.8 Å². The number of anilines is 1. The predicted octanol–water partition coefficient (Wildman–Crippen LogP) is 1.95. The van der Waals surface area contributed by atoms with Gasteiger partial charge in [0.2, 0.25) is 0 Å². The molecule has 0 spiro atoms. The van der Waals surface area contributed by atoms with E-state index in [0.717, 1.165) is 6.07 Å². The van der Waals surface area contributed by atoms with E-state index in [4.69, 9.17) is 0 Å². The Morgan fingerprint density at radius 1 is 1.26 bits per heavy atom. The standard InChI is InChI=1S/C12H9N3O4/c16-11-7-9(15(18)19)1-2-10(11)14-12(17)8-3-5-13-6-4-8/h1-7,16H,(H,14,17). The maximum Gasteiger partial charge on any atom is 0.273 e. The highest BCUT2D eigenvalue weighted by molar-refractivity contribution is 6.04. The Balaban J connectivity index is 2.20. The molecule has 0 aliphatic heterocycles. The van der Waals surface area contributed by atoms with Gasteiger partial charge in [0.25, 0.3) is 11.6 Å². The van der Waals surface area contributed by atoms with Crippen LogP contribution >= 0.6 is 0 Å². The normalized spacial score (nSPS) is 9.89. The quantitative estimate of drug-likeness (QED) is 0.498. The third-order valence-electron chi connectivity index (χ3n) is 2.38. The number of nitro benzene ring substituents is 1. The van der Waals surface area contributed by atoms with Crippen molar-refractivity contribution in [2.45, 2.75) is 0 Å². The van der Waals surface area contributed by atoms with E-state index in [1.165, 1.54) is 36.7 Å². The van der Waals surface area contributed by atoms with Crippen molar-refractivity contribution in [2.24, 2.45) is 0 Å². The molecule has 19 heavy (non-hydrogen) atoms. The Kier molecular flexibility index (Phi) is 3.37. The minimum atomic E-state index is -0.631. The van der Waals surface area contributed by atoms with Crippen molar-refractivity contribution in [3.05, 3.63) is 58.4 Å². The zero-order chi connectivity index (χ0) is 13.8. The minimum Gasteiger partial charge on any atom is -0.506 e. The second-order valence-electron chi connectivity index (χ2n) is 3.65. The third kappa shape index (κ3) is 2.83. The van der Waals surface area contributed by atoms with Crippen LogP contribution in [0.5, 0.6) is 5.75 Å². The minimum absolute atomic E-state index is 0.104. The second-order valence-corrected chi connectivity index (χ2v) is 3.65. The van der Waals surface area contributed by atoms with Gasteiger partial charge in [-0.3, -0.25) is 19.9 Å². The summed E-state index contributed by atoms with van der Waals surface area (Å²) in [6.07, 6.45) is 2.93. The van der Waals surface area contributed by atoms with Gasteiger partial charge in [-0.05, 0) is 18.2 Å². The summed E-state index contributed by atoms with van der Waals surface area (Å²) in [7, 11) is 0. The van der Waals surface area contributed by atoms with Crippen molar-refractivity contribution in [3.8, 4) is 5.75 Å². The zero-order valence-electron chi connectivity index (χ0n) is 9.61. The van der Waals surface area contributed by atoms with Gasteiger partial charge < -0.3 is 10.4 Å². The first-order valence-electron chi connectivity index (χ1n) is 5.26.